The monoisotopic (exact) mass is 560 g/mol. The zero-order valence-electron chi connectivity index (χ0n) is 18.3. The minimum Gasteiger partial charge on any atom is -0.463 e. The Morgan fingerprint density at radius 3 is 1.53 bits per heavy atom. The largest absolute Gasteiger partial charge is 0.463 e. The van der Waals surface area contributed by atoms with Gasteiger partial charge in [0, 0.05) is 6.08 Å². The van der Waals surface area contributed by atoms with E-state index in [9.17, 15) is 57.1 Å². The van der Waals surface area contributed by atoms with Crippen LogP contribution in [-0.2, 0) is 23.7 Å². The predicted octanol–water partition coefficient (Wildman–Crippen LogP) is 5.64. The van der Waals surface area contributed by atoms with Gasteiger partial charge in [-0.25, -0.2) is 0 Å². The number of ether oxygens (including phenoxy) is 5. The summed E-state index contributed by atoms with van der Waals surface area (Å²) >= 11 is 0. The minimum atomic E-state index is -8.01. The Morgan fingerprint density at radius 1 is 0.583 bits per heavy atom. The lowest BCUT2D eigenvalue weighted by atomic mass is 9.92. The van der Waals surface area contributed by atoms with Crippen molar-refractivity contribution in [2.45, 2.75) is 99.7 Å². The highest BCUT2D eigenvalue weighted by atomic mass is 19.4. The number of hydrogen-bond acceptors (Lipinski definition) is 5. The Bertz CT molecular complexity index is 912. The van der Waals surface area contributed by atoms with E-state index in [4.69, 9.17) is 23.7 Å². The highest BCUT2D eigenvalue weighted by Crippen LogP contribution is 2.61. The summed E-state index contributed by atoms with van der Waals surface area (Å²) in [6, 6.07) is 0. The number of fused-ring (bicyclic) bond motifs is 3. The van der Waals surface area contributed by atoms with Crippen LogP contribution in [0.25, 0.3) is 0 Å². The molecule has 36 heavy (non-hydrogen) atoms. The summed E-state index contributed by atoms with van der Waals surface area (Å²) in [4.78, 5) is 0. The molecule has 5 nitrogen and oxygen atoms in total. The van der Waals surface area contributed by atoms with Gasteiger partial charge in [-0.2, -0.15) is 57.1 Å². The second-order valence-corrected chi connectivity index (χ2v) is 9.07. The topological polar surface area (TPSA) is 46.2 Å². The van der Waals surface area contributed by atoms with E-state index in [0.717, 1.165) is 0 Å². The molecule has 0 radical (unpaired) electrons. The predicted molar refractivity (Wildman–Crippen MR) is 87.6 cm³/mol. The van der Waals surface area contributed by atoms with E-state index in [2.05, 4.69) is 0 Å². The van der Waals surface area contributed by atoms with Gasteiger partial charge >= 0.3 is 35.8 Å². The Morgan fingerprint density at radius 2 is 1.03 bits per heavy atom. The Labute approximate surface area is 193 Å². The highest BCUT2D eigenvalue weighted by molar-refractivity contribution is 5.22. The van der Waals surface area contributed by atoms with Crippen molar-refractivity contribution in [2.75, 3.05) is 0 Å². The molecule has 210 valence electrons. The first-order valence-corrected chi connectivity index (χ1v) is 9.77. The van der Waals surface area contributed by atoms with Gasteiger partial charge in [0.15, 0.2) is 17.7 Å². The Kier molecular flexibility index (Phi) is 6.25. The van der Waals surface area contributed by atoms with Crippen LogP contribution in [0.1, 0.15) is 27.7 Å². The molecule has 0 aromatic carbocycles. The molecule has 3 rings (SSSR count). The van der Waals surface area contributed by atoms with Crippen LogP contribution < -0.4 is 0 Å². The molecule has 0 aromatic rings. The van der Waals surface area contributed by atoms with Crippen molar-refractivity contribution < 1.29 is 80.8 Å². The molecular formula is C18H17F13O5. The lowest BCUT2D eigenvalue weighted by Crippen LogP contribution is -2.69. The number of hydrogen-bond donors (Lipinski definition) is 0. The molecule has 0 aromatic heterocycles. The SMILES string of the molecule is CC1(C)O[C@H]2OC(=CC(F)(F)C(F)(F)C(F)(F)C(F)(F)C(F)(F)C(F)(F)F)[C@@H]3OC(C)(C)O[C@@H]3[C@H]2O1. The third-order valence-electron chi connectivity index (χ3n) is 5.35. The molecule has 18 heteroatoms. The summed E-state index contributed by atoms with van der Waals surface area (Å²) in [5, 5.41) is 0. The van der Waals surface area contributed by atoms with Crippen molar-refractivity contribution in [2.24, 2.45) is 0 Å². The third kappa shape index (κ3) is 4.11. The first-order valence-electron chi connectivity index (χ1n) is 9.77. The number of allylic oxidation sites excluding steroid dienone is 1. The molecule has 0 unspecified atom stereocenters. The van der Waals surface area contributed by atoms with E-state index >= 15 is 0 Å². The summed E-state index contributed by atoms with van der Waals surface area (Å²) in [7, 11) is 0. The number of alkyl halides is 13. The van der Waals surface area contributed by atoms with Crippen molar-refractivity contribution >= 4 is 0 Å². The maximum atomic E-state index is 14.4. The average Bonchev–Trinajstić information content (AvgIpc) is 3.14. The molecule has 3 fully saturated rings. The fraction of sp³-hybridized carbons (Fsp3) is 0.889. The Hall–Kier alpha value is -1.53. The lowest BCUT2D eigenvalue weighted by Gasteiger charge is -2.39. The van der Waals surface area contributed by atoms with Crippen LogP contribution >= 0.6 is 0 Å². The fourth-order valence-electron chi connectivity index (χ4n) is 3.69. The zero-order valence-corrected chi connectivity index (χ0v) is 18.3. The van der Waals surface area contributed by atoms with Crippen LogP contribution in [0.2, 0.25) is 0 Å². The molecule has 0 saturated carbocycles. The first kappa shape index (κ1) is 29.0. The molecule has 4 atom stereocenters. The van der Waals surface area contributed by atoms with E-state index in [1.54, 1.807) is 0 Å². The van der Waals surface area contributed by atoms with Gasteiger partial charge in [0.1, 0.15) is 18.0 Å². The molecule has 0 N–H and O–H groups in total. The van der Waals surface area contributed by atoms with Gasteiger partial charge in [0.2, 0.25) is 6.29 Å². The van der Waals surface area contributed by atoms with Crippen molar-refractivity contribution in [3.63, 3.8) is 0 Å². The summed E-state index contributed by atoms with van der Waals surface area (Å²) in [5.41, 5.74) is 0. The summed E-state index contributed by atoms with van der Waals surface area (Å²) in [6.45, 7) is 5.03. The van der Waals surface area contributed by atoms with Crippen LogP contribution in [0, 0.1) is 0 Å². The van der Waals surface area contributed by atoms with Gasteiger partial charge < -0.3 is 23.7 Å². The summed E-state index contributed by atoms with van der Waals surface area (Å²) < 4.78 is 201. The van der Waals surface area contributed by atoms with Crippen LogP contribution in [0.5, 0.6) is 0 Å². The molecule has 0 aliphatic carbocycles. The Balaban J connectivity index is 2.04. The fourth-order valence-corrected chi connectivity index (χ4v) is 3.69. The number of rotatable bonds is 5. The normalized spacial score (nSPS) is 32.3. The lowest BCUT2D eigenvalue weighted by molar-refractivity contribution is -0.436. The average molecular weight is 560 g/mol. The second kappa shape index (κ2) is 7.75. The van der Waals surface area contributed by atoms with Gasteiger partial charge in [-0.15, -0.1) is 0 Å². The maximum Gasteiger partial charge on any atom is 0.460 e. The molecule has 3 aliphatic heterocycles. The van der Waals surface area contributed by atoms with Gasteiger partial charge in [-0.05, 0) is 27.7 Å². The summed E-state index contributed by atoms with van der Waals surface area (Å²) in [5.74, 6) is -42.3. The van der Waals surface area contributed by atoms with E-state index < -0.39 is 83.8 Å². The van der Waals surface area contributed by atoms with Crippen LogP contribution in [-0.4, -0.2) is 72.0 Å². The molecular weight excluding hydrogens is 543 g/mol. The van der Waals surface area contributed by atoms with Gasteiger partial charge in [-0.1, -0.05) is 0 Å². The molecule has 3 heterocycles. The van der Waals surface area contributed by atoms with E-state index in [-0.39, 0.29) is 0 Å². The summed E-state index contributed by atoms with van der Waals surface area (Å²) in [6.07, 6.45) is -15.0. The van der Waals surface area contributed by atoms with Crippen molar-refractivity contribution in [1.82, 2.24) is 0 Å². The standard InChI is InChI=1S/C18H17F13O5/c1-11(2)33-7-6(32-10-9(8(7)34-11)35-12(3,4)36-10)5-13(19,20)14(21,22)15(23,24)16(25,26)17(27,28)18(29,30)31/h5,7-10H,1-4H3/t7-,8-,9+,10+/m0/s1. The third-order valence-corrected chi connectivity index (χ3v) is 5.35. The van der Waals surface area contributed by atoms with Gasteiger partial charge in [0.25, 0.3) is 0 Å². The van der Waals surface area contributed by atoms with Crippen LogP contribution in [0.4, 0.5) is 57.1 Å². The minimum absolute atomic E-state index is 1.14. The van der Waals surface area contributed by atoms with Crippen LogP contribution in [0.3, 0.4) is 0 Å². The molecule has 0 bridgehead atoms. The maximum absolute atomic E-state index is 14.4. The zero-order chi connectivity index (χ0) is 28.1. The first-order chi connectivity index (χ1) is 15.7. The molecule has 3 saturated heterocycles. The van der Waals surface area contributed by atoms with E-state index in [1.807, 2.05) is 0 Å². The highest BCUT2D eigenvalue weighted by Gasteiger charge is 2.90. The van der Waals surface area contributed by atoms with Gasteiger partial charge in [-0.3, -0.25) is 0 Å². The number of halogens is 13. The van der Waals surface area contributed by atoms with E-state index in [1.165, 1.54) is 27.7 Å². The van der Waals surface area contributed by atoms with Crippen molar-refractivity contribution in [1.29, 1.82) is 0 Å². The molecule has 0 spiro atoms. The van der Waals surface area contributed by atoms with Crippen molar-refractivity contribution in [3.8, 4) is 0 Å². The smallest absolute Gasteiger partial charge is 0.460 e. The van der Waals surface area contributed by atoms with Crippen LogP contribution in [0.15, 0.2) is 11.8 Å². The molecule has 0 amide bonds. The second-order valence-electron chi connectivity index (χ2n) is 9.07. The quantitative estimate of drug-likeness (QED) is 0.408. The molecule has 3 aliphatic rings. The van der Waals surface area contributed by atoms with E-state index in [0.29, 0.717) is 0 Å². The van der Waals surface area contributed by atoms with Crippen molar-refractivity contribution in [3.05, 3.63) is 11.8 Å². The van der Waals surface area contributed by atoms with Gasteiger partial charge in [0.05, 0.1) is 0 Å².